The van der Waals surface area contributed by atoms with Crippen molar-refractivity contribution in [2.75, 3.05) is 4.72 Å². The van der Waals surface area contributed by atoms with Crippen LogP contribution in [0.5, 0.6) is 0 Å². The summed E-state index contributed by atoms with van der Waals surface area (Å²) >= 11 is 1.62. The lowest BCUT2D eigenvalue weighted by Gasteiger charge is -2.07. The van der Waals surface area contributed by atoms with Crippen LogP contribution >= 0.6 is 11.3 Å². The monoisotopic (exact) mass is 474 g/mol. The quantitative estimate of drug-likeness (QED) is 0.346. The van der Waals surface area contributed by atoms with Crippen LogP contribution in [0.2, 0.25) is 0 Å². The number of anilines is 1. The second-order valence-electron chi connectivity index (χ2n) is 7.93. The standard InChI is InChI=1S/C25H22N4O2S2/c1-17-8-13-22-23(14-17)32-25(26-22)20-9-11-21(12-10-20)28-33(30,31)24-16-29(27-18(24)2)15-19-6-4-3-5-7-19/h3-14,16,28H,15H2,1-2H3. The maximum Gasteiger partial charge on any atom is 0.265 e. The lowest BCUT2D eigenvalue weighted by molar-refractivity contribution is 0.600. The van der Waals surface area contributed by atoms with Crippen molar-refractivity contribution in [3.8, 4) is 10.6 Å². The predicted octanol–water partition coefficient (Wildman–Crippen LogP) is 5.63. The van der Waals surface area contributed by atoms with E-state index in [4.69, 9.17) is 4.98 Å². The average molecular weight is 475 g/mol. The fourth-order valence-electron chi connectivity index (χ4n) is 3.66. The van der Waals surface area contributed by atoms with Gasteiger partial charge in [0.15, 0.2) is 0 Å². The highest BCUT2D eigenvalue weighted by molar-refractivity contribution is 7.92. The summed E-state index contributed by atoms with van der Waals surface area (Å²) in [7, 11) is -3.76. The molecule has 0 radical (unpaired) electrons. The van der Waals surface area contributed by atoms with Gasteiger partial charge in [0.2, 0.25) is 0 Å². The van der Waals surface area contributed by atoms with Crippen LogP contribution in [-0.4, -0.2) is 23.2 Å². The number of nitrogens with zero attached hydrogens (tertiary/aromatic N) is 3. The van der Waals surface area contributed by atoms with Gasteiger partial charge < -0.3 is 0 Å². The SMILES string of the molecule is Cc1ccc2nc(-c3ccc(NS(=O)(=O)c4cn(Cc5ccccc5)nc4C)cc3)sc2c1. The molecule has 0 saturated carbocycles. The molecule has 0 unspecified atom stereocenters. The highest BCUT2D eigenvalue weighted by Gasteiger charge is 2.21. The van der Waals surface area contributed by atoms with Crippen molar-refractivity contribution in [3.05, 3.63) is 95.8 Å². The first kappa shape index (κ1) is 21.4. The summed E-state index contributed by atoms with van der Waals surface area (Å²) in [4.78, 5) is 4.86. The second-order valence-corrected chi connectivity index (χ2v) is 10.6. The summed E-state index contributed by atoms with van der Waals surface area (Å²) in [5, 5.41) is 5.29. The van der Waals surface area contributed by atoms with Crippen molar-refractivity contribution in [3.63, 3.8) is 0 Å². The molecule has 6 nitrogen and oxygen atoms in total. The summed E-state index contributed by atoms with van der Waals surface area (Å²) in [5.74, 6) is 0. The molecule has 0 aliphatic heterocycles. The van der Waals surface area contributed by atoms with Crippen LogP contribution in [-0.2, 0) is 16.6 Å². The maximum atomic E-state index is 13.0. The van der Waals surface area contributed by atoms with Gasteiger partial charge in [0.1, 0.15) is 9.90 Å². The number of thiazole rings is 1. The van der Waals surface area contributed by atoms with E-state index in [9.17, 15) is 8.42 Å². The van der Waals surface area contributed by atoms with E-state index >= 15 is 0 Å². The van der Waals surface area contributed by atoms with E-state index in [1.807, 2.05) is 54.6 Å². The molecule has 0 aliphatic rings. The molecular weight excluding hydrogens is 452 g/mol. The van der Waals surface area contributed by atoms with Crippen LogP contribution in [0.15, 0.2) is 83.9 Å². The van der Waals surface area contributed by atoms with Crippen molar-refractivity contribution in [2.45, 2.75) is 25.3 Å². The molecule has 166 valence electrons. The van der Waals surface area contributed by atoms with Crippen LogP contribution in [0.3, 0.4) is 0 Å². The van der Waals surface area contributed by atoms with E-state index in [1.54, 1.807) is 41.3 Å². The fourth-order valence-corrected chi connectivity index (χ4v) is 5.98. The summed E-state index contributed by atoms with van der Waals surface area (Å²) in [6.45, 7) is 4.27. The Balaban J connectivity index is 1.35. The Morgan fingerprint density at radius 1 is 0.970 bits per heavy atom. The van der Waals surface area contributed by atoms with Gasteiger partial charge in [-0.3, -0.25) is 9.40 Å². The molecule has 8 heteroatoms. The first-order chi connectivity index (χ1) is 15.9. The number of aryl methyl sites for hydroxylation is 2. The fraction of sp³-hybridized carbons (Fsp3) is 0.120. The van der Waals surface area contributed by atoms with Gasteiger partial charge in [-0.15, -0.1) is 11.3 Å². The van der Waals surface area contributed by atoms with Gasteiger partial charge in [-0.25, -0.2) is 13.4 Å². The van der Waals surface area contributed by atoms with Crippen molar-refractivity contribution < 1.29 is 8.42 Å². The third kappa shape index (κ3) is 4.53. The molecule has 0 saturated heterocycles. The molecule has 5 aromatic rings. The summed E-state index contributed by atoms with van der Waals surface area (Å²) < 4.78 is 31.5. The minimum absolute atomic E-state index is 0.170. The van der Waals surface area contributed by atoms with Gasteiger partial charge in [0.05, 0.1) is 22.5 Å². The number of fused-ring (bicyclic) bond motifs is 1. The van der Waals surface area contributed by atoms with Crippen LogP contribution in [0, 0.1) is 13.8 Å². The van der Waals surface area contributed by atoms with Gasteiger partial charge in [0, 0.05) is 17.4 Å². The number of hydrogen-bond acceptors (Lipinski definition) is 5. The van der Waals surface area contributed by atoms with Gasteiger partial charge in [-0.05, 0) is 61.4 Å². The molecule has 0 amide bonds. The normalized spacial score (nSPS) is 11.7. The van der Waals surface area contributed by atoms with E-state index in [1.165, 1.54) is 5.56 Å². The lowest BCUT2D eigenvalue weighted by atomic mass is 10.2. The molecule has 0 bridgehead atoms. The minimum Gasteiger partial charge on any atom is -0.280 e. The van der Waals surface area contributed by atoms with E-state index in [0.717, 1.165) is 26.4 Å². The topological polar surface area (TPSA) is 76.9 Å². The van der Waals surface area contributed by atoms with Crippen LogP contribution in [0.1, 0.15) is 16.8 Å². The van der Waals surface area contributed by atoms with Crippen molar-refractivity contribution in [1.82, 2.24) is 14.8 Å². The number of nitrogens with one attached hydrogen (secondary N) is 1. The molecule has 0 spiro atoms. The number of sulfonamides is 1. The zero-order chi connectivity index (χ0) is 23.0. The van der Waals surface area contributed by atoms with Gasteiger partial charge >= 0.3 is 0 Å². The van der Waals surface area contributed by atoms with Crippen LogP contribution in [0.4, 0.5) is 5.69 Å². The molecule has 3 aromatic carbocycles. The Morgan fingerprint density at radius 3 is 2.48 bits per heavy atom. The lowest BCUT2D eigenvalue weighted by Crippen LogP contribution is -2.13. The van der Waals surface area contributed by atoms with Crippen molar-refractivity contribution in [2.24, 2.45) is 0 Å². The third-order valence-electron chi connectivity index (χ3n) is 5.31. The molecule has 0 atom stereocenters. The Hall–Kier alpha value is -3.49. The smallest absolute Gasteiger partial charge is 0.265 e. The number of rotatable bonds is 6. The second kappa shape index (κ2) is 8.46. The minimum atomic E-state index is -3.76. The Morgan fingerprint density at radius 2 is 1.73 bits per heavy atom. The van der Waals surface area contributed by atoms with Crippen molar-refractivity contribution in [1.29, 1.82) is 0 Å². The first-order valence-electron chi connectivity index (χ1n) is 10.5. The largest absolute Gasteiger partial charge is 0.280 e. The summed E-state index contributed by atoms with van der Waals surface area (Å²) in [5.41, 5.74) is 5.12. The molecule has 2 aromatic heterocycles. The maximum absolute atomic E-state index is 13.0. The number of benzene rings is 3. The molecule has 2 heterocycles. The molecule has 0 fully saturated rings. The molecule has 1 N–H and O–H groups in total. The summed E-state index contributed by atoms with van der Waals surface area (Å²) in [6, 6.07) is 23.3. The predicted molar refractivity (Wildman–Crippen MR) is 133 cm³/mol. The Labute approximate surface area is 196 Å². The molecule has 5 rings (SSSR count). The summed E-state index contributed by atoms with van der Waals surface area (Å²) in [6.07, 6.45) is 1.57. The van der Waals surface area contributed by atoms with E-state index in [0.29, 0.717) is 17.9 Å². The van der Waals surface area contributed by atoms with E-state index in [-0.39, 0.29) is 4.90 Å². The Bertz CT molecular complexity index is 1540. The third-order valence-corrected chi connectivity index (χ3v) is 7.86. The number of hydrogen-bond donors (Lipinski definition) is 1. The molecular formula is C25H22N4O2S2. The highest BCUT2D eigenvalue weighted by Crippen LogP contribution is 2.31. The molecule has 33 heavy (non-hydrogen) atoms. The van der Waals surface area contributed by atoms with E-state index in [2.05, 4.69) is 22.8 Å². The van der Waals surface area contributed by atoms with E-state index < -0.39 is 10.0 Å². The van der Waals surface area contributed by atoms with Gasteiger partial charge in [-0.1, -0.05) is 36.4 Å². The highest BCUT2D eigenvalue weighted by atomic mass is 32.2. The van der Waals surface area contributed by atoms with Crippen LogP contribution in [0.25, 0.3) is 20.8 Å². The zero-order valence-electron chi connectivity index (χ0n) is 18.2. The van der Waals surface area contributed by atoms with Gasteiger partial charge in [0.25, 0.3) is 10.0 Å². The Kier molecular flexibility index (Phi) is 5.47. The van der Waals surface area contributed by atoms with Crippen LogP contribution < -0.4 is 4.72 Å². The number of aromatic nitrogens is 3. The first-order valence-corrected chi connectivity index (χ1v) is 12.8. The average Bonchev–Trinajstić information content (AvgIpc) is 3.38. The van der Waals surface area contributed by atoms with Crippen molar-refractivity contribution >= 4 is 37.3 Å². The molecule has 0 aliphatic carbocycles. The van der Waals surface area contributed by atoms with Gasteiger partial charge in [-0.2, -0.15) is 5.10 Å². The zero-order valence-corrected chi connectivity index (χ0v) is 19.8.